The fourth-order valence-electron chi connectivity index (χ4n) is 4.08. The Hall–Kier alpha value is -3.94. The van der Waals surface area contributed by atoms with Crippen molar-refractivity contribution in [2.24, 2.45) is 21.7 Å². The van der Waals surface area contributed by atoms with Gasteiger partial charge in [-0.25, -0.2) is 9.36 Å². The number of carbonyl (C=O) groups excluding carboxylic acids is 2. The highest BCUT2D eigenvalue weighted by Crippen LogP contribution is 2.23. The van der Waals surface area contributed by atoms with Gasteiger partial charge in [0.05, 0.1) is 0 Å². The highest BCUT2D eigenvalue weighted by Gasteiger charge is 2.28. The third-order valence-corrected chi connectivity index (χ3v) is 6.87. The summed E-state index contributed by atoms with van der Waals surface area (Å²) >= 11 is 0. The minimum Gasteiger partial charge on any atom is -0.378 e. The van der Waals surface area contributed by atoms with E-state index in [-0.39, 0.29) is 27.4 Å². The van der Waals surface area contributed by atoms with Crippen molar-refractivity contribution in [3.63, 3.8) is 0 Å². The fraction of sp³-hybridized carbons (Fsp3) is 0.550. The summed E-state index contributed by atoms with van der Waals surface area (Å²) in [6, 6.07) is 11.5. The molecule has 0 saturated carbocycles. The molecule has 1 aliphatic rings. The summed E-state index contributed by atoms with van der Waals surface area (Å²) in [6.45, 7) is 26.7. The first-order chi connectivity index (χ1) is 22.0. The maximum absolute atomic E-state index is 11.9. The summed E-state index contributed by atoms with van der Waals surface area (Å²) in [4.78, 5) is 27.5. The third kappa shape index (κ3) is 17.8. The van der Waals surface area contributed by atoms with Crippen LogP contribution < -0.4 is 4.90 Å². The van der Waals surface area contributed by atoms with Gasteiger partial charge >= 0.3 is 0 Å². The Balaban J connectivity index is 0.000000323. The lowest BCUT2D eigenvalue weighted by Crippen LogP contribution is -2.37. The average Bonchev–Trinajstić information content (AvgIpc) is 3.78. The van der Waals surface area contributed by atoms with Gasteiger partial charge in [0.1, 0.15) is 0 Å². The topological polar surface area (TPSA) is 76.3 Å². The van der Waals surface area contributed by atoms with Gasteiger partial charge in [0.2, 0.25) is 5.91 Å². The second kappa shape index (κ2) is 18.6. The minimum atomic E-state index is -0.306. The monoisotopic (exact) mass is 661 g/mol. The zero-order valence-electron chi connectivity index (χ0n) is 32.4. The van der Waals surface area contributed by atoms with E-state index in [1.807, 2.05) is 127 Å². The van der Waals surface area contributed by atoms with Gasteiger partial charge in [-0.2, -0.15) is 10.2 Å². The predicted octanol–water partition coefficient (Wildman–Crippen LogP) is 9.44. The SMILES string of the molecule is CC(C)(C)/C=C/n1cccn1.CC(C)(C)/C=C/n1cccn1.CC(C)(C)C(=O)N1CCCC1.CN(C)c1ccc(C(=O)C(C)(C)C)cc1. The first kappa shape index (κ1) is 42.1. The number of aromatic nitrogens is 4. The van der Waals surface area contributed by atoms with Crippen LogP contribution in [-0.2, 0) is 4.79 Å². The molecule has 3 aromatic rings. The number of hydrogen-bond donors (Lipinski definition) is 0. The standard InChI is InChI=1S/C13H19NO.2C9H14N2.C9H17NO/c1-13(2,3)12(15)10-6-8-11(9-7-10)14(4)5;2*1-9(2,3)5-8-11-7-4-6-10-11;1-9(2,3)8(11)10-6-4-5-7-10/h6-9H,1-5H3;2*4-8H,1-3H3;4-7H2,1-3H3/b;2*8-5+;. The lowest BCUT2D eigenvalue weighted by atomic mass is 9.86. The van der Waals surface area contributed by atoms with Crippen LogP contribution in [0, 0.1) is 21.7 Å². The van der Waals surface area contributed by atoms with Gasteiger partial charge in [-0.1, -0.05) is 95.2 Å². The van der Waals surface area contributed by atoms with E-state index in [1.54, 1.807) is 21.8 Å². The van der Waals surface area contributed by atoms with E-state index < -0.39 is 0 Å². The van der Waals surface area contributed by atoms with Crippen molar-refractivity contribution in [2.75, 3.05) is 32.1 Å². The Morgan fingerprint density at radius 1 is 0.667 bits per heavy atom. The quantitative estimate of drug-likeness (QED) is 0.261. The van der Waals surface area contributed by atoms with E-state index >= 15 is 0 Å². The second-order valence-corrected chi connectivity index (χ2v) is 16.6. The molecule has 8 heteroatoms. The van der Waals surface area contributed by atoms with Gasteiger partial charge in [-0.15, -0.1) is 0 Å². The Morgan fingerprint density at radius 3 is 1.38 bits per heavy atom. The number of ketones is 1. The van der Waals surface area contributed by atoms with E-state index in [2.05, 4.69) is 63.9 Å². The van der Waals surface area contributed by atoms with Gasteiger partial charge in [0.25, 0.3) is 0 Å². The first-order valence-corrected chi connectivity index (χ1v) is 17.0. The second-order valence-electron chi connectivity index (χ2n) is 16.6. The smallest absolute Gasteiger partial charge is 0.227 e. The predicted molar refractivity (Wildman–Crippen MR) is 204 cm³/mol. The van der Waals surface area contributed by atoms with Crippen LogP contribution in [0.15, 0.2) is 73.3 Å². The molecule has 0 aliphatic carbocycles. The summed E-state index contributed by atoms with van der Waals surface area (Å²) in [5.41, 5.74) is 1.86. The van der Waals surface area contributed by atoms with Crippen LogP contribution in [0.25, 0.3) is 12.4 Å². The summed E-state index contributed by atoms with van der Waals surface area (Å²) in [7, 11) is 3.97. The fourth-order valence-corrected chi connectivity index (χ4v) is 4.08. The highest BCUT2D eigenvalue weighted by atomic mass is 16.2. The van der Waals surface area contributed by atoms with Crippen molar-refractivity contribution in [2.45, 2.75) is 95.9 Å². The zero-order chi connectivity index (χ0) is 36.8. The maximum Gasteiger partial charge on any atom is 0.227 e. The van der Waals surface area contributed by atoms with Crippen LogP contribution in [0.5, 0.6) is 0 Å². The molecule has 0 N–H and O–H groups in total. The average molecular weight is 661 g/mol. The molecular formula is C40H64N6O2. The van der Waals surface area contributed by atoms with Crippen molar-refractivity contribution >= 4 is 29.8 Å². The van der Waals surface area contributed by atoms with Crippen molar-refractivity contribution in [1.82, 2.24) is 24.5 Å². The van der Waals surface area contributed by atoms with Crippen LogP contribution in [0.4, 0.5) is 5.69 Å². The normalized spacial score (nSPS) is 13.7. The Kier molecular flexibility index (Phi) is 16.3. The Bertz CT molecular complexity index is 1330. The van der Waals surface area contributed by atoms with Crippen LogP contribution in [-0.4, -0.2) is 63.3 Å². The molecule has 0 bridgehead atoms. The van der Waals surface area contributed by atoms with E-state index in [9.17, 15) is 9.59 Å². The summed E-state index contributed by atoms with van der Waals surface area (Å²) in [5.74, 6) is 0.489. The Morgan fingerprint density at radius 2 is 1.08 bits per heavy atom. The molecule has 2 aromatic heterocycles. The van der Waals surface area contributed by atoms with Gasteiger partial charge in [-0.3, -0.25) is 9.59 Å². The number of Topliss-reactive ketones (excluding diaryl/α,β-unsaturated/α-hetero) is 1. The van der Waals surface area contributed by atoms with Crippen molar-refractivity contribution in [3.8, 4) is 0 Å². The molecule has 1 aromatic carbocycles. The summed E-state index contributed by atoms with van der Waals surface area (Å²) in [5, 5.41) is 8.10. The van der Waals surface area contributed by atoms with E-state index in [1.165, 1.54) is 12.8 Å². The number of allylic oxidation sites excluding steroid dienone is 2. The van der Waals surface area contributed by atoms with Gasteiger partial charge in [0, 0.05) is 86.5 Å². The zero-order valence-corrected chi connectivity index (χ0v) is 32.4. The molecule has 48 heavy (non-hydrogen) atoms. The van der Waals surface area contributed by atoms with Crippen molar-refractivity contribution in [1.29, 1.82) is 0 Å². The molecule has 4 rings (SSSR count). The Labute approximate surface area is 291 Å². The van der Waals surface area contributed by atoms with Crippen LogP contribution >= 0.6 is 0 Å². The first-order valence-electron chi connectivity index (χ1n) is 17.0. The number of benzene rings is 1. The molecule has 1 amide bonds. The molecule has 1 aliphatic heterocycles. The largest absolute Gasteiger partial charge is 0.378 e. The summed E-state index contributed by atoms with van der Waals surface area (Å²) in [6.07, 6.45) is 17.9. The molecule has 0 spiro atoms. The number of amides is 1. The van der Waals surface area contributed by atoms with Gasteiger partial charge < -0.3 is 9.80 Å². The maximum atomic E-state index is 11.9. The van der Waals surface area contributed by atoms with Crippen LogP contribution in [0.3, 0.4) is 0 Å². The number of likely N-dealkylation sites (tertiary alicyclic amines) is 1. The number of anilines is 1. The van der Waals surface area contributed by atoms with Crippen LogP contribution in [0.1, 0.15) is 106 Å². The number of hydrogen-bond acceptors (Lipinski definition) is 5. The van der Waals surface area contributed by atoms with E-state index in [4.69, 9.17) is 0 Å². The van der Waals surface area contributed by atoms with Gasteiger partial charge in [0.15, 0.2) is 5.78 Å². The number of nitrogens with zero attached hydrogens (tertiary/aromatic N) is 6. The molecule has 0 radical (unpaired) electrons. The van der Waals surface area contributed by atoms with E-state index in [0.717, 1.165) is 24.3 Å². The van der Waals surface area contributed by atoms with Gasteiger partial charge in [-0.05, 0) is 60.1 Å². The van der Waals surface area contributed by atoms with E-state index in [0.29, 0.717) is 5.91 Å². The third-order valence-electron chi connectivity index (χ3n) is 6.87. The van der Waals surface area contributed by atoms with Crippen molar-refractivity contribution in [3.05, 3.63) is 78.9 Å². The molecule has 0 unspecified atom stereocenters. The molecule has 8 nitrogen and oxygen atoms in total. The van der Waals surface area contributed by atoms with Crippen LogP contribution in [0.2, 0.25) is 0 Å². The molecule has 266 valence electrons. The molecule has 0 atom stereocenters. The molecule has 3 heterocycles. The van der Waals surface area contributed by atoms with Crippen molar-refractivity contribution < 1.29 is 9.59 Å². The minimum absolute atomic E-state index is 0.188. The molecule has 1 fully saturated rings. The highest BCUT2D eigenvalue weighted by molar-refractivity contribution is 6.00. The number of carbonyl (C=O) groups is 2. The lowest BCUT2D eigenvalue weighted by Gasteiger charge is -2.25. The summed E-state index contributed by atoms with van der Waals surface area (Å²) < 4.78 is 3.59. The number of rotatable bonds is 4. The molecule has 1 saturated heterocycles. The lowest BCUT2D eigenvalue weighted by molar-refractivity contribution is -0.138. The molecular weight excluding hydrogens is 596 g/mol.